The van der Waals surface area contributed by atoms with Crippen molar-refractivity contribution < 1.29 is 19.1 Å². The maximum absolute atomic E-state index is 10.8. The van der Waals surface area contributed by atoms with Crippen molar-refractivity contribution in [1.29, 1.82) is 0 Å². The van der Waals surface area contributed by atoms with E-state index in [1.807, 2.05) is 4.57 Å². The Morgan fingerprint density at radius 1 is 1.55 bits per heavy atom. The van der Waals surface area contributed by atoms with E-state index in [-0.39, 0.29) is 11.4 Å². The molecule has 1 aromatic rings. The Hall–Kier alpha value is -1.45. The number of hydrogen-bond donors (Lipinski definition) is 5. The van der Waals surface area contributed by atoms with Gasteiger partial charge in [-0.1, -0.05) is 0 Å². The lowest BCUT2D eigenvalue weighted by molar-refractivity contribution is 0.104. The first-order valence-corrected chi connectivity index (χ1v) is 8.61. The Morgan fingerprint density at radius 2 is 2.27 bits per heavy atom. The molecule has 7 N–H and O–H groups in total. The van der Waals surface area contributed by atoms with Crippen LogP contribution in [0, 0.1) is 5.41 Å². The zero-order chi connectivity index (χ0) is 16.0. The van der Waals surface area contributed by atoms with Gasteiger partial charge in [-0.2, -0.15) is 0 Å². The number of aromatic nitrogens is 2. The van der Waals surface area contributed by atoms with E-state index in [1.165, 1.54) is 0 Å². The Kier molecular flexibility index (Phi) is 3.74. The summed E-state index contributed by atoms with van der Waals surface area (Å²) in [5.41, 5.74) is 12.0. The molecular formula is C11H19N6O4P. The highest BCUT2D eigenvalue weighted by Crippen LogP contribution is 2.49. The van der Waals surface area contributed by atoms with Gasteiger partial charge in [0, 0.05) is 12.0 Å². The number of aliphatic imine (C=N–C) groups is 1. The lowest BCUT2D eigenvalue weighted by Crippen LogP contribution is -2.32. The fourth-order valence-electron chi connectivity index (χ4n) is 2.50. The molecule has 122 valence electrons. The minimum atomic E-state index is -4.13. The van der Waals surface area contributed by atoms with Crippen LogP contribution < -0.4 is 16.8 Å². The Morgan fingerprint density at radius 3 is 2.91 bits per heavy atom. The third-order valence-electron chi connectivity index (χ3n) is 3.80. The molecule has 1 aliphatic heterocycles. The molecule has 0 saturated heterocycles. The summed E-state index contributed by atoms with van der Waals surface area (Å²) < 4.78 is 17.9. The molecule has 2 heterocycles. The summed E-state index contributed by atoms with van der Waals surface area (Å²) in [6.07, 6.45) is 2.38. The van der Waals surface area contributed by atoms with Gasteiger partial charge in [-0.3, -0.25) is 4.57 Å². The topological polar surface area (TPSA) is 161 Å². The fraction of sp³-hybridized carbons (Fsp3) is 0.636. The van der Waals surface area contributed by atoms with Gasteiger partial charge in [0.05, 0.1) is 12.9 Å². The van der Waals surface area contributed by atoms with Crippen LogP contribution in [0.25, 0.3) is 0 Å². The molecule has 1 aliphatic carbocycles. The molecule has 3 rings (SSSR count). The van der Waals surface area contributed by atoms with E-state index in [4.69, 9.17) is 26.0 Å². The molecule has 1 saturated carbocycles. The normalized spacial score (nSPS) is 22.7. The second-order valence-corrected chi connectivity index (χ2v) is 7.42. The summed E-state index contributed by atoms with van der Waals surface area (Å²) in [7, 11) is -4.13. The second kappa shape index (κ2) is 5.32. The number of fused-ring (bicyclic) bond motifs is 1. The van der Waals surface area contributed by atoms with Crippen LogP contribution in [0.1, 0.15) is 24.7 Å². The molecule has 1 unspecified atom stereocenters. The van der Waals surface area contributed by atoms with Crippen LogP contribution in [-0.2, 0) is 15.8 Å². The van der Waals surface area contributed by atoms with Gasteiger partial charge in [0.2, 0.25) is 0 Å². The highest BCUT2D eigenvalue weighted by Gasteiger charge is 2.44. The second-order valence-electron chi connectivity index (χ2n) is 5.83. The van der Waals surface area contributed by atoms with Crippen LogP contribution in [0.2, 0.25) is 0 Å². The summed E-state index contributed by atoms with van der Waals surface area (Å²) >= 11 is 0. The molecule has 1 atom stereocenters. The number of guanidine groups is 1. The standard InChI is InChI=1S/C11H19N6O4P/c12-8-7-9(16-10(13)15-8)17(5-14-7)3-11(1-2-11)4-21-6-22(18,19)20/h5,8H,1-4,6,12H2,(H3,13,15,16)(H2,18,19,20). The maximum Gasteiger partial charge on any atom is 0.350 e. The van der Waals surface area contributed by atoms with E-state index in [1.54, 1.807) is 6.33 Å². The van der Waals surface area contributed by atoms with E-state index in [2.05, 4.69) is 15.3 Å². The maximum atomic E-state index is 10.8. The number of nitrogens with one attached hydrogen (secondary N) is 1. The van der Waals surface area contributed by atoms with Gasteiger partial charge in [0.1, 0.15) is 24.0 Å². The van der Waals surface area contributed by atoms with Crippen LogP contribution in [0.4, 0.5) is 5.82 Å². The minimum Gasteiger partial charge on any atom is -0.370 e. The largest absolute Gasteiger partial charge is 0.370 e. The van der Waals surface area contributed by atoms with Gasteiger partial charge in [0.15, 0.2) is 5.96 Å². The lowest BCUT2D eigenvalue weighted by atomic mass is 10.1. The van der Waals surface area contributed by atoms with Gasteiger partial charge >= 0.3 is 7.60 Å². The van der Waals surface area contributed by atoms with Crippen molar-refractivity contribution in [2.75, 3.05) is 18.3 Å². The van der Waals surface area contributed by atoms with Gasteiger partial charge in [-0.15, -0.1) is 0 Å². The smallest absolute Gasteiger partial charge is 0.350 e. The summed E-state index contributed by atoms with van der Waals surface area (Å²) in [5, 5.41) is 2.95. The summed E-state index contributed by atoms with van der Waals surface area (Å²) in [6, 6.07) is 0. The first kappa shape index (κ1) is 15.4. The number of rotatable bonds is 6. The van der Waals surface area contributed by atoms with Crippen molar-refractivity contribution in [3.8, 4) is 0 Å². The molecule has 0 bridgehead atoms. The molecule has 1 fully saturated rings. The highest BCUT2D eigenvalue weighted by atomic mass is 31.2. The summed E-state index contributed by atoms with van der Waals surface area (Å²) in [4.78, 5) is 25.9. The Bertz CT molecular complexity index is 649. The van der Waals surface area contributed by atoms with Crippen molar-refractivity contribution in [2.45, 2.75) is 25.6 Å². The van der Waals surface area contributed by atoms with Crippen molar-refractivity contribution in [3.63, 3.8) is 0 Å². The van der Waals surface area contributed by atoms with Gasteiger partial charge in [-0.25, -0.2) is 9.98 Å². The molecule has 0 aromatic carbocycles. The molecule has 0 radical (unpaired) electrons. The average molecular weight is 330 g/mol. The molecular weight excluding hydrogens is 311 g/mol. The van der Waals surface area contributed by atoms with E-state index in [0.717, 1.165) is 12.8 Å². The van der Waals surface area contributed by atoms with Crippen LogP contribution in [0.15, 0.2) is 11.3 Å². The number of anilines is 1. The number of nitrogens with zero attached hydrogens (tertiary/aromatic N) is 3. The third-order valence-corrected chi connectivity index (χ3v) is 4.32. The minimum absolute atomic E-state index is 0.126. The molecule has 0 spiro atoms. The van der Waals surface area contributed by atoms with Crippen LogP contribution in [0.5, 0.6) is 0 Å². The van der Waals surface area contributed by atoms with E-state index < -0.39 is 20.1 Å². The first-order valence-electron chi connectivity index (χ1n) is 6.81. The predicted molar refractivity (Wildman–Crippen MR) is 78.9 cm³/mol. The quantitative estimate of drug-likeness (QED) is 0.437. The molecule has 1 aromatic heterocycles. The lowest BCUT2D eigenvalue weighted by Gasteiger charge is -2.21. The average Bonchev–Trinajstić information content (AvgIpc) is 3.02. The molecule has 22 heavy (non-hydrogen) atoms. The van der Waals surface area contributed by atoms with Crippen LogP contribution >= 0.6 is 7.60 Å². The van der Waals surface area contributed by atoms with E-state index in [9.17, 15) is 4.57 Å². The number of imidazole rings is 1. The van der Waals surface area contributed by atoms with Crippen LogP contribution in [-0.4, -0.2) is 38.3 Å². The van der Waals surface area contributed by atoms with Gasteiger partial charge < -0.3 is 35.9 Å². The summed E-state index contributed by atoms with van der Waals surface area (Å²) in [5.74, 6) is 0.950. The molecule has 10 nitrogen and oxygen atoms in total. The number of ether oxygens (including phenoxy) is 1. The van der Waals surface area contributed by atoms with Gasteiger partial charge in [0.25, 0.3) is 0 Å². The SMILES string of the molecule is NC1=NC(N)c2ncn(CC3(COCP(=O)(O)O)CC3)c2N1. The van der Waals surface area contributed by atoms with Crippen molar-refractivity contribution in [3.05, 3.63) is 12.0 Å². The van der Waals surface area contributed by atoms with Crippen molar-refractivity contribution >= 4 is 19.4 Å². The molecule has 2 aliphatic rings. The molecule has 11 heteroatoms. The zero-order valence-electron chi connectivity index (χ0n) is 11.8. The number of hydrogen-bond acceptors (Lipinski definition) is 7. The first-order chi connectivity index (χ1) is 10.3. The van der Waals surface area contributed by atoms with Crippen molar-refractivity contribution in [2.24, 2.45) is 21.9 Å². The highest BCUT2D eigenvalue weighted by molar-refractivity contribution is 7.51. The zero-order valence-corrected chi connectivity index (χ0v) is 12.7. The summed E-state index contributed by atoms with van der Waals surface area (Å²) in [6.45, 7) is 0.907. The monoisotopic (exact) mass is 330 g/mol. The van der Waals surface area contributed by atoms with Crippen LogP contribution in [0.3, 0.4) is 0 Å². The Labute approximate surface area is 126 Å². The third kappa shape index (κ3) is 3.31. The van der Waals surface area contributed by atoms with E-state index >= 15 is 0 Å². The van der Waals surface area contributed by atoms with Gasteiger partial charge in [-0.05, 0) is 12.8 Å². The molecule has 0 amide bonds. The number of nitrogens with two attached hydrogens (primary N) is 2. The van der Waals surface area contributed by atoms with Crippen molar-refractivity contribution in [1.82, 2.24) is 9.55 Å². The fourth-order valence-corrected chi connectivity index (χ4v) is 2.83. The van der Waals surface area contributed by atoms with E-state index in [0.29, 0.717) is 24.7 Å². The predicted octanol–water partition coefficient (Wildman–Crippen LogP) is -0.487. The Balaban J connectivity index is 1.66.